The van der Waals surface area contributed by atoms with Crippen LogP contribution in [-0.2, 0) is 9.59 Å². The van der Waals surface area contributed by atoms with E-state index >= 15 is 0 Å². The van der Waals surface area contributed by atoms with Gasteiger partial charge in [0.1, 0.15) is 0 Å². The number of hydrogen-bond donors (Lipinski definition) is 6. The molecule has 0 aromatic heterocycles. The largest absolute Gasteiger partial charge is 0.548 e. The average molecular weight is 541 g/mol. The summed E-state index contributed by atoms with van der Waals surface area (Å²) in [4.78, 5) is 18.9. The van der Waals surface area contributed by atoms with E-state index in [2.05, 4.69) is 64.4 Å². The average Bonchev–Trinajstić information content (AvgIpc) is 2.56. The van der Waals surface area contributed by atoms with Crippen LogP contribution in [-0.4, -0.2) is 65.7 Å². The van der Waals surface area contributed by atoms with Crippen molar-refractivity contribution < 1.29 is 30.0 Å². The van der Waals surface area contributed by atoms with Crippen LogP contribution in [0.3, 0.4) is 0 Å². The van der Waals surface area contributed by atoms with Gasteiger partial charge in [-0.3, -0.25) is 0 Å². The first-order valence-corrected chi connectivity index (χ1v) is 13.8. The number of unbranched alkanes of at least 4 members (excludes halogenated alkanes) is 2. The zero-order chi connectivity index (χ0) is 20.7. The van der Waals surface area contributed by atoms with Gasteiger partial charge < -0.3 is 30.0 Å². The summed E-state index contributed by atoms with van der Waals surface area (Å²) in [7, 11) is 0. The minimum Gasteiger partial charge on any atom is -0.548 e. The summed E-state index contributed by atoms with van der Waals surface area (Å²) in [6, 6.07) is 0. The first-order chi connectivity index (χ1) is 11.6. The standard InChI is InChI=1S/2C4H9.2C2H4O2S2.C2H6O2.Sn/c2*1-3-4-2;2*3-1(4)2(5)6;3-1-2-4;/h2*1,3-4H2,2H3;2*2,5-6H,(H,3,4);3-4H,1-2H2;/q;;;;;+2/p-2. The third-order valence-corrected chi connectivity index (χ3v) is 6.82. The zero-order valence-electron chi connectivity index (χ0n) is 14.6. The van der Waals surface area contributed by atoms with E-state index in [0.29, 0.717) is 0 Å². The normalized spacial score (nSPS) is 8.88. The SMILES string of the molecule is CCC[CH2][Sn+2][CH2]CCC.O=C([O-])C(S)S.O=C([O-])C(S)S.OCCO. The Balaban J connectivity index is -0.000000123. The van der Waals surface area contributed by atoms with Crippen molar-refractivity contribution in [3.8, 4) is 0 Å². The number of hydrogen-bond acceptors (Lipinski definition) is 10. The summed E-state index contributed by atoms with van der Waals surface area (Å²) < 4.78 is 1.34. The summed E-state index contributed by atoms with van der Waals surface area (Å²) in [6.45, 7) is 4.33. The molecule has 0 saturated carbocycles. The van der Waals surface area contributed by atoms with Crippen LogP contribution in [0, 0.1) is 0 Å². The predicted molar refractivity (Wildman–Crippen MR) is 113 cm³/mol. The molecule has 0 amide bonds. The van der Waals surface area contributed by atoms with E-state index in [4.69, 9.17) is 10.2 Å². The maximum absolute atomic E-state index is 9.44. The molecule has 6 nitrogen and oxygen atoms in total. The van der Waals surface area contributed by atoms with Crippen LogP contribution in [0.5, 0.6) is 0 Å². The van der Waals surface area contributed by atoms with Crippen LogP contribution in [0.1, 0.15) is 39.5 Å². The first kappa shape index (κ1) is 33.6. The fraction of sp³-hybridized carbons (Fsp3) is 0.857. The van der Waals surface area contributed by atoms with Crippen LogP contribution in [0.2, 0.25) is 8.87 Å². The Kier molecular flexibility index (Phi) is 40.1. The summed E-state index contributed by atoms with van der Waals surface area (Å²) >= 11 is 13.7. The van der Waals surface area contributed by atoms with Crippen LogP contribution in [0.4, 0.5) is 0 Å². The van der Waals surface area contributed by atoms with E-state index in [1.165, 1.54) is 25.7 Å². The van der Waals surface area contributed by atoms with Gasteiger partial charge in [-0.1, -0.05) is 0 Å². The Labute approximate surface area is 183 Å². The summed E-state index contributed by atoms with van der Waals surface area (Å²) in [5.41, 5.74) is 0. The molecule has 0 fully saturated rings. The molecule has 0 atom stereocenters. The van der Waals surface area contributed by atoms with E-state index in [9.17, 15) is 19.8 Å². The van der Waals surface area contributed by atoms with E-state index in [1.54, 1.807) is 8.87 Å². The minimum absolute atomic E-state index is 0.125. The first-order valence-electron chi connectivity index (χ1n) is 7.68. The van der Waals surface area contributed by atoms with Crippen molar-refractivity contribution in [2.45, 2.75) is 57.6 Å². The molecule has 0 unspecified atom stereocenters. The summed E-state index contributed by atoms with van der Waals surface area (Å²) in [5, 5.41) is 34.1. The molecule has 0 spiro atoms. The van der Waals surface area contributed by atoms with E-state index < -0.39 is 21.1 Å². The molecule has 0 aliphatic rings. The van der Waals surface area contributed by atoms with Crippen molar-refractivity contribution >= 4 is 83.6 Å². The number of rotatable bonds is 9. The molecule has 11 heteroatoms. The number of aliphatic hydroxyl groups is 2. The minimum atomic E-state index is -1.26. The molecule has 150 valence electrons. The molecule has 0 radical (unpaired) electrons. The molecule has 0 aliphatic heterocycles. The van der Waals surface area contributed by atoms with Gasteiger partial charge in [0.25, 0.3) is 0 Å². The monoisotopic (exact) mass is 542 g/mol. The Morgan fingerprint density at radius 2 is 1.08 bits per heavy atom. The predicted octanol–water partition coefficient (Wildman–Crippen LogP) is -0.0576. The van der Waals surface area contributed by atoms with Crippen LogP contribution >= 0.6 is 50.5 Å². The molecule has 0 bridgehead atoms. The smallest absolute Gasteiger partial charge is 0.0836 e. The quantitative estimate of drug-likeness (QED) is 0.105. The molecule has 0 aromatic carbocycles. The van der Waals surface area contributed by atoms with Crippen molar-refractivity contribution in [2.75, 3.05) is 13.2 Å². The number of carbonyl (C=O) groups excluding carboxylic acids is 2. The molecule has 0 rings (SSSR count). The number of carboxylic acid groups (broad SMARTS) is 2. The fourth-order valence-electron chi connectivity index (χ4n) is 0.729. The molecule has 0 aromatic rings. The van der Waals surface area contributed by atoms with Gasteiger partial charge in [0.15, 0.2) is 0 Å². The second-order valence-corrected chi connectivity index (χ2v) is 11.5. The Bertz CT molecular complexity index is 258. The number of carboxylic acids is 2. The van der Waals surface area contributed by atoms with Crippen LogP contribution < -0.4 is 10.2 Å². The molecule has 0 heterocycles. The number of aliphatic hydroxyl groups excluding tert-OH is 2. The van der Waals surface area contributed by atoms with Gasteiger partial charge in [0.2, 0.25) is 0 Å². The van der Waals surface area contributed by atoms with Gasteiger partial charge in [-0.2, -0.15) is 50.5 Å². The topological polar surface area (TPSA) is 121 Å². The Morgan fingerprint density at radius 3 is 1.20 bits per heavy atom. The molecule has 0 saturated heterocycles. The number of thiol groups is 4. The van der Waals surface area contributed by atoms with Gasteiger partial charge >= 0.3 is 69.5 Å². The van der Waals surface area contributed by atoms with Crippen molar-refractivity contribution in [3.63, 3.8) is 0 Å². The Morgan fingerprint density at radius 1 is 0.840 bits per heavy atom. The zero-order valence-corrected chi connectivity index (χ0v) is 21.1. The summed E-state index contributed by atoms with van der Waals surface area (Å²) in [5.74, 6) is -2.52. The number of aliphatic carboxylic acids is 2. The van der Waals surface area contributed by atoms with Gasteiger partial charge in [0, 0.05) is 0 Å². The Hall–Kier alpha value is 1.06. The molecule has 0 aliphatic carbocycles. The van der Waals surface area contributed by atoms with Crippen molar-refractivity contribution in [2.24, 2.45) is 0 Å². The van der Waals surface area contributed by atoms with Crippen molar-refractivity contribution in [1.82, 2.24) is 0 Å². The third kappa shape index (κ3) is 51.7. The second kappa shape index (κ2) is 29.8. The van der Waals surface area contributed by atoms with Crippen LogP contribution in [0.15, 0.2) is 0 Å². The van der Waals surface area contributed by atoms with E-state index in [1.807, 2.05) is 0 Å². The van der Waals surface area contributed by atoms with Gasteiger partial charge in [0.05, 0.1) is 34.3 Å². The maximum atomic E-state index is 9.44. The molecule has 2 N–H and O–H groups in total. The molecular formula is C14H30O6S4Sn. The molecule has 25 heavy (non-hydrogen) atoms. The van der Waals surface area contributed by atoms with Crippen molar-refractivity contribution in [1.29, 1.82) is 0 Å². The van der Waals surface area contributed by atoms with E-state index in [0.717, 1.165) is 0 Å². The summed E-state index contributed by atoms with van der Waals surface area (Å²) in [6.07, 6.45) is 5.84. The second-order valence-electron chi connectivity index (χ2n) is 4.29. The maximum Gasteiger partial charge on any atom is 0.0836 e. The van der Waals surface area contributed by atoms with Crippen LogP contribution in [0.25, 0.3) is 0 Å². The van der Waals surface area contributed by atoms with E-state index in [-0.39, 0.29) is 34.4 Å². The third-order valence-electron chi connectivity index (χ3n) is 1.94. The van der Waals surface area contributed by atoms with Crippen molar-refractivity contribution in [3.05, 3.63) is 0 Å². The fourth-order valence-corrected chi connectivity index (χ4v) is 4.89. The van der Waals surface area contributed by atoms with Gasteiger partial charge in [-0.15, -0.1) is 0 Å². The van der Waals surface area contributed by atoms with Gasteiger partial charge in [-0.25, -0.2) is 0 Å². The van der Waals surface area contributed by atoms with Gasteiger partial charge in [-0.05, 0) is 0 Å². The molecular weight excluding hydrogens is 511 g/mol. The number of carbonyl (C=O) groups is 2.